The molecule has 27 heavy (non-hydrogen) atoms. The van der Waals surface area contributed by atoms with Crippen LogP contribution < -0.4 is 10.9 Å². The smallest absolute Gasteiger partial charge is 0.336 e. The Balaban J connectivity index is 1.90. The Labute approximate surface area is 160 Å². The Morgan fingerprint density at radius 2 is 2.11 bits per heavy atom. The van der Waals surface area contributed by atoms with Gasteiger partial charge in [0.05, 0.1) is 5.92 Å². The van der Waals surface area contributed by atoms with Gasteiger partial charge in [0.2, 0.25) is 5.91 Å². The van der Waals surface area contributed by atoms with Gasteiger partial charge in [-0.25, -0.2) is 4.79 Å². The fourth-order valence-corrected chi connectivity index (χ4v) is 4.12. The molecule has 1 fully saturated rings. The molecule has 1 aromatic carbocycles. The molecule has 0 bridgehead atoms. The Morgan fingerprint density at radius 3 is 2.81 bits per heavy atom. The number of hydrogen-bond donors (Lipinski definition) is 1. The maximum absolute atomic E-state index is 12.2. The van der Waals surface area contributed by atoms with Crippen molar-refractivity contribution in [3.8, 4) is 0 Å². The van der Waals surface area contributed by atoms with E-state index in [-0.39, 0.29) is 17.5 Å². The average Bonchev–Trinajstić information content (AvgIpc) is 2.61. The SMILES string of the molecule is CCNC(=O)C1CCCN(Cc2cc(=O)oc3cc(C)c(C(C)C)cc23)C1. The van der Waals surface area contributed by atoms with Crippen molar-refractivity contribution >= 4 is 16.9 Å². The molecule has 1 aliphatic rings. The number of benzene rings is 1. The Kier molecular flexibility index (Phi) is 6.00. The van der Waals surface area contributed by atoms with E-state index in [9.17, 15) is 9.59 Å². The molecular weight excluding hydrogens is 340 g/mol. The molecule has 1 aliphatic heterocycles. The number of nitrogens with zero attached hydrogens (tertiary/aromatic N) is 1. The predicted molar refractivity (Wildman–Crippen MR) is 108 cm³/mol. The van der Waals surface area contributed by atoms with Gasteiger partial charge in [0, 0.05) is 31.1 Å². The second-order valence-electron chi connectivity index (χ2n) is 7.92. The van der Waals surface area contributed by atoms with Crippen molar-refractivity contribution < 1.29 is 9.21 Å². The first-order chi connectivity index (χ1) is 12.9. The Morgan fingerprint density at radius 1 is 1.33 bits per heavy atom. The zero-order valence-electron chi connectivity index (χ0n) is 16.8. The molecule has 0 saturated carbocycles. The fraction of sp³-hybridized carbons (Fsp3) is 0.545. The summed E-state index contributed by atoms with van der Waals surface area (Å²) in [6.45, 7) is 11.4. The molecule has 1 N–H and O–H groups in total. The summed E-state index contributed by atoms with van der Waals surface area (Å²) in [6.07, 6.45) is 1.92. The third kappa shape index (κ3) is 4.41. The van der Waals surface area contributed by atoms with Crippen molar-refractivity contribution in [1.29, 1.82) is 0 Å². The number of piperidine rings is 1. The molecule has 2 aromatic rings. The van der Waals surface area contributed by atoms with Crippen molar-refractivity contribution in [3.05, 3.63) is 45.3 Å². The summed E-state index contributed by atoms with van der Waals surface area (Å²) in [6, 6.07) is 5.75. The predicted octanol–water partition coefficient (Wildman–Crippen LogP) is 3.57. The number of hydrogen-bond acceptors (Lipinski definition) is 4. The largest absolute Gasteiger partial charge is 0.423 e. The van der Waals surface area contributed by atoms with Crippen LogP contribution in [0, 0.1) is 12.8 Å². The van der Waals surface area contributed by atoms with Gasteiger partial charge < -0.3 is 9.73 Å². The highest BCUT2D eigenvalue weighted by Gasteiger charge is 2.26. The van der Waals surface area contributed by atoms with E-state index in [1.165, 1.54) is 5.56 Å². The zero-order chi connectivity index (χ0) is 19.6. The van der Waals surface area contributed by atoms with E-state index in [0.29, 0.717) is 24.6 Å². The molecule has 2 heterocycles. The molecule has 1 unspecified atom stereocenters. The highest BCUT2D eigenvalue weighted by Crippen LogP contribution is 2.28. The summed E-state index contributed by atoms with van der Waals surface area (Å²) >= 11 is 0. The number of likely N-dealkylation sites (tertiary alicyclic amines) is 1. The minimum Gasteiger partial charge on any atom is -0.423 e. The molecule has 5 heteroatoms. The van der Waals surface area contributed by atoms with Crippen LogP contribution in [0.15, 0.2) is 27.4 Å². The van der Waals surface area contributed by atoms with E-state index in [1.54, 1.807) is 6.07 Å². The van der Waals surface area contributed by atoms with Crippen molar-refractivity contribution in [3.63, 3.8) is 0 Å². The number of fused-ring (bicyclic) bond motifs is 1. The van der Waals surface area contributed by atoms with E-state index < -0.39 is 0 Å². The molecule has 3 rings (SSSR count). The summed E-state index contributed by atoms with van der Waals surface area (Å²) in [5.41, 5.74) is 3.74. The van der Waals surface area contributed by atoms with Crippen LogP contribution in [-0.4, -0.2) is 30.4 Å². The van der Waals surface area contributed by atoms with Crippen LogP contribution in [0.2, 0.25) is 0 Å². The lowest BCUT2D eigenvalue weighted by atomic mass is 9.94. The number of amides is 1. The van der Waals surface area contributed by atoms with E-state index in [2.05, 4.69) is 37.1 Å². The van der Waals surface area contributed by atoms with Crippen molar-refractivity contribution in [2.75, 3.05) is 19.6 Å². The lowest BCUT2D eigenvalue weighted by Crippen LogP contribution is -2.42. The van der Waals surface area contributed by atoms with Gasteiger partial charge in [0.15, 0.2) is 0 Å². The quantitative estimate of drug-likeness (QED) is 0.817. The van der Waals surface area contributed by atoms with Crippen molar-refractivity contribution in [2.24, 2.45) is 5.92 Å². The first kappa shape index (κ1) is 19.6. The van der Waals surface area contributed by atoms with Gasteiger partial charge in [0.1, 0.15) is 5.58 Å². The van der Waals surface area contributed by atoms with Gasteiger partial charge in [-0.2, -0.15) is 0 Å². The maximum atomic E-state index is 12.2. The molecule has 1 aromatic heterocycles. The lowest BCUT2D eigenvalue weighted by Gasteiger charge is -2.32. The van der Waals surface area contributed by atoms with Crippen molar-refractivity contribution in [2.45, 2.75) is 53.0 Å². The standard InChI is InChI=1S/C22H30N2O3/c1-5-23-22(26)16-7-6-8-24(12-16)13-17-10-21(25)27-20-9-15(4)18(14(2)3)11-19(17)20/h9-11,14,16H,5-8,12-13H2,1-4H3,(H,23,26). The van der Waals surface area contributed by atoms with Gasteiger partial charge in [-0.15, -0.1) is 0 Å². The van der Waals surface area contributed by atoms with Crippen LogP contribution in [-0.2, 0) is 11.3 Å². The van der Waals surface area contributed by atoms with Crippen LogP contribution in [0.25, 0.3) is 11.0 Å². The Hall–Kier alpha value is -2.14. The highest BCUT2D eigenvalue weighted by atomic mass is 16.4. The normalized spacial score (nSPS) is 18.2. The molecule has 146 valence electrons. The van der Waals surface area contributed by atoms with Crippen LogP contribution >= 0.6 is 0 Å². The third-order valence-electron chi connectivity index (χ3n) is 5.46. The number of nitrogens with one attached hydrogen (secondary N) is 1. The minimum atomic E-state index is -0.313. The second kappa shape index (κ2) is 8.26. The summed E-state index contributed by atoms with van der Waals surface area (Å²) in [5, 5.41) is 3.94. The molecule has 0 spiro atoms. The zero-order valence-corrected chi connectivity index (χ0v) is 16.8. The van der Waals surface area contributed by atoms with E-state index in [4.69, 9.17) is 4.42 Å². The van der Waals surface area contributed by atoms with Crippen molar-refractivity contribution in [1.82, 2.24) is 10.2 Å². The Bertz CT molecular complexity index is 885. The summed E-state index contributed by atoms with van der Waals surface area (Å²) in [5.74, 6) is 0.571. The molecular formula is C22H30N2O3. The van der Waals surface area contributed by atoms with Gasteiger partial charge in [-0.1, -0.05) is 13.8 Å². The average molecular weight is 370 g/mol. The van der Waals surface area contributed by atoms with E-state index in [0.717, 1.165) is 42.4 Å². The number of aryl methyl sites for hydroxylation is 1. The first-order valence-corrected chi connectivity index (χ1v) is 9.96. The molecule has 1 amide bonds. The molecule has 5 nitrogen and oxygen atoms in total. The van der Waals surface area contributed by atoms with E-state index in [1.807, 2.05) is 13.0 Å². The maximum Gasteiger partial charge on any atom is 0.336 e. The van der Waals surface area contributed by atoms with Gasteiger partial charge in [-0.3, -0.25) is 9.69 Å². The highest BCUT2D eigenvalue weighted by molar-refractivity contribution is 5.82. The summed E-state index contributed by atoms with van der Waals surface area (Å²) in [7, 11) is 0. The molecule has 1 saturated heterocycles. The number of rotatable bonds is 5. The van der Waals surface area contributed by atoms with Gasteiger partial charge in [-0.05, 0) is 68.0 Å². The monoisotopic (exact) mass is 370 g/mol. The van der Waals surface area contributed by atoms with Crippen LogP contribution in [0.5, 0.6) is 0 Å². The molecule has 0 aliphatic carbocycles. The van der Waals surface area contributed by atoms with E-state index >= 15 is 0 Å². The van der Waals surface area contributed by atoms with Gasteiger partial charge in [0.25, 0.3) is 0 Å². The topological polar surface area (TPSA) is 62.6 Å². The van der Waals surface area contributed by atoms with Gasteiger partial charge >= 0.3 is 5.63 Å². The minimum absolute atomic E-state index is 0.0264. The second-order valence-corrected chi connectivity index (χ2v) is 7.92. The first-order valence-electron chi connectivity index (χ1n) is 9.96. The fourth-order valence-electron chi connectivity index (χ4n) is 4.12. The third-order valence-corrected chi connectivity index (χ3v) is 5.46. The van der Waals surface area contributed by atoms with Crippen LogP contribution in [0.3, 0.4) is 0 Å². The number of carbonyl (C=O) groups excluding carboxylic acids is 1. The number of carbonyl (C=O) groups is 1. The summed E-state index contributed by atoms with van der Waals surface area (Å²) in [4.78, 5) is 26.6. The van der Waals surface area contributed by atoms with Crippen LogP contribution in [0.4, 0.5) is 0 Å². The molecule has 0 radical (unpaired) electrons. The lowest BCUT2D eigenvalue weighted by molar-refractivity contribution is -0.126. The summed E-state index contributed by atoms with van der Waals surface area (Å²) < 4.78 is 5.46. The molecule has 1 atom stereocenters. The van der Waals surface area contributed by atoms with Crippen LogP contribution in [0.1, 0.15) is 56.2 Å².